The smallest absolute Gasteiger partial charge is 0.305 e. The SMILES string of the molecule is COc1cc(N2CCC(Oc3ccc(N4CC(F)C(C)C4CC(=O)O)cn3)C(C)C2)c(Cl)cn1. The van der Waals surface area contributed by atoms with Gasteiger partial charge in [0.1, 0.15) is 12.3 Å². The highest BCUT2D eigenvalue weighted by atomic mass is 35.5. The Kier molecular flexibility index (Phi) is 7.30. The van der Waals surface area contributed by atoms with Gasteiger partial charge in [0, 0.05) is 56.1 Å². The van der Waals surface area contributed by atoms with E-state index in [0.717, 1.165) is 25.2 Å². The van der Waals surface area contributed by atoms with Gasteiger partial charge in [0.05, 0.1) is 42.3 Å². The van der Waals surface area contributed by atoms with E-state index in [2.05, 4.69) is 21.8 Å². The summed E-state index contributed by atoms with van der Waals surface area (Å²) in [5.74, 6) is -0.0528. The molecular formula is C24H30ClFN4O4. The van der Waals surface area contributed by atoms with Crippen LogP contribution in [0.2, 0.25) is 5.02 Å². The van der Waals surface area contributed by atoms with E-state index in [9.17, 15) is 14.3 Å². The van der Waals surface area contributed by atoms with Gasteiger partial charge in [0.2, 0.25) is 11.8 Å². The summed E-state index contributed by atoms with van der Waals surface area (Å²) in [6.45, 7) is 5.57. The van der Waals surface area contributed by atoms with E-state index >= 15 is 0 Å². The number of hydrogen-bond donors (Lipinski definition) is 1. The number of pyridine rings is 2. The molecule has 2 fully saturated rings. The summed E-state index contributed by atoms with van der Waals surface area (Å²) in [4.78, 5) is 23.8. The Bertz CT molecular complexity index is 1010. The molecule has 0 spiro atoms. The molecule has 10 heteroatoms. The van der Waals surface area contributed by atoms with E-state index in [1.165, 1.54) is 0 Å². The number of nitrogens with zero attached hydrogens (tertiary/aromatic N) is 4. The number of carboxylic acid groups (broad SMARTS) is 1. The fraction of sp³-hybridized carbons (Fsp3) is 0.542. The number of methoxy groups -OCH3 is 1. The zero-order chi connectivity index (χ0) is 24.4. The van der Waals surface area contributed by atoms with Crippen LogP contribution in [0.15, 0.2) is 30.6 Å². The standard InChI is InChI=1S/C24H30ClFN4O4/c1-14-12-29(20-8-23(33-3)28-11-17(20)25)7-6-21(14)34-22-5-4-16(10-27-22)30-13-18(26)15(2)19(30)9-24(31)32/h4-5,8,10-11,14-15,18-19,21H,6-7,9,12-13H2,1-3H3,(H,31,32). The maximum absolute atomic E-state index is 14.3. The fourth-order valence-corrected chi connectivity index (χ4v) is 5.06. The minimum atomic E-state index is -1.07. The lowest BCUT2D eigenvalue weighted by atomic mass is 9.96. The van der Waals surface area contributed by atoms with Crippen LogP contribution in [0.1, 0.15) is 26.7 Å². The third-order valence-corrected chi connectivity index (χ3v) is 7.13. The first-order valence-corrected chi connectivity index (χ1v) is 11.8. The molecule has 0 bridgehead atoms. The van der Waals surface area contributed by atoms with Gasteiger partial charge in [-0.3, -0.25) is 4.79 Å². The molecule has 34 heavy (non-hydrogen) atoms. The number of alkyl halides is 1. The topological polar surface area (TPSA) is 88.0 Å². The predicted molar refractivity (Wildman–Crippen MR) is 128 cm³/mol. The Balaban J connectivity index is 1.39. The van der Waals surface area contributed by atoms with E-state index < -0.39 is 18.2 Å². The third kappa shape index (κ3) is 5.14. The third-order valence-electron chi connectivity index (χ3n) is 6.84. The minimum absolute atomic E-state index is 0.0149. The number of aliphatic carboxylic acids is 1. The van der Waals surface area contributed by atoms with Crippen LogP contribution in [0.4, 0.5) is 15.8 Å². The van der Waals surface area contributed by atoms with Crippen molar-refractivity contribution < 1.29 is 23.8 Å². The molecule has 4 rings (SSSR count). The average molecular weight is 493 g/mol. The summed E-state index contributed by atoms with van der Waals surface area (Å²) >= 11 is 6.36. The molecule has 0 amide bonds. The molecule has 184 valence electrons. The number of hydrogen-bond acceptors (Lipinski definition) is 7. The average Bonchev–Trinajstić information content (AvgIpc) is 3.09. The van der Waals surface area contributed by atoms with Crippen molar-refractivity contribution in [3.8, 4) is 11.8 Å². The second kappa shape index (κ2) is 10.2. The van der Waals surface area contributed by atoms with Crippen LogP contribution < -0.4 is 19.3 Å². The van der Waals surface area contributed by atoms with Gasteiger partial charge in [-0.2, -0.15) is 0 Å². The van der Waals surface area contributed by atoms with Gasteiger partial charge in [0.25, 0.3) is 0 Å². The van der Waals surface area contributed by atoms with E-state index in [0.29, 0.717) is 22.5 Å². The fourth-order valence-electron chi connectivity index (χ4n) is 4.84. The van der Waals surface area contributed by atoms with Crippen LogP contribution >= 0.6 is 11.6 Å². The van der Waals surface area contributed by atoms with E-state index in [-0.39, 0.29) is 30.9 Å². The lowest BCUT2D eigenvalue weighted by molar-refractivity contribution is -0.137. The molecule has 5 unspecified atom stereocenters. The quantitative estimate of drug-likeness (QED) is 0.619. The van der Waals surface area contributed by atoms with Gasteiger partial charge in [-0.15, -0.1) is 0 Å². The number of anilines is 2. The van der Waals surface area contributed by atoms with Crippen molar-refractivity contribution in [2.24, 2.45) is 11.8 Å². The van der Waals surface area contributed by atoms with Crippen molar-refractivity contribution in [3.05, 3.63) is 35.6 Å². The number of piperidine rings is 1. The molecule has 2 aliphatic heterocycles. The second-order valence-corrected chi connectivity index (χ2v) is 9.50. The number of carbonyl (C=O) groups is 1. The van der Waals surface area contributed by atoms with Crippen LogP contribution in [-0.2, 0) is 4.79 Å². The normalized spacial score (nSPS) is 27.0. The van der Waals surface area contributed by atoms with E-state index in [1.807, 2.05) is 12.1 Å². The lowest BCUT2D eigenvalue weighted by Crippen LogP contribution is -2.44. The monoisotopic (exact) mass is 492 g/mol. The summed E-state index contributed by atoms with van der Waals surface area (Å²) in [5, 5.41) is 9.80. The molecule has 5 atom stereocenters. The molecule has 0 aliphatic carbocycles. The van der Waals surface area contributed by atoms with Crippen molar-refractivity contribution in [2.75, 3.05) is 36.5 Å². The zero-order valence-corrected chi connectivity index (χ0v) is 20.3. The molecule has 1 N–H and O–H groups in total. The Hall–Kier alpha value is -2.81. The summed E-state index contributed by atoms with van der Waals surface area (Å²) in [6, 6.07) is 5.04. The molecule has 0 aromatic carbocycles. The summed E-state index contributed by atoms with van der Waals surface area (Å²) in [7, 11) is 1.58. The summed E-state index contributed by atoms with van der Waals surface area (Å²) in [6.07, 6.45) is 2.83. The molecule has 0 radical (unpaired) electrons. The largest absolute Gasteiger partial charge is 0.481 e. The predicted octanol–water partition coefficient (Wildman–Crippen LogP) is 4.07. The van der Waals surface area contributed by atoms with Crippen LogP contribution in [0.5, 0.6) is 11.8 Å². The first kappa shape index (κ1) is 24.3. The van der Waals surface area contributed by atoms with Crippen molar-refractivity contribution in [3.63, 3.8) is 0 Å². The molecule has 2 saturated heterocycles. The van der Waals surface area contributed by atoms with Crippen LogP contribution in [-0.4, -0.2) is 66.1 Å². The molecule has 8 nitrogen and oxygen atoms in total. The van der Waals surface area contributed by atoms with Gasteiger partial charge in [-0.1, -0.05) is 25.4 Å². The van der Waals surface area contributed by atoms with Crippen LogP contribution in [0.3, 0.4) is 0 Å². The van der Waals surface area contributed by atoms with Crippen molar-refractivity contribution >= 4 is 28.9 Å². The van der Waals surface area contributed by atoms with Crippen LogP contribution in [0, 0.1) is 11.8 Å². The molecular weight excluding hydrogens is 463 g/mol. The van der Waals surface area contributed by atoms with Gasteiger partial charge in [-0.25, -0.2) is 14.4 Å². The molecule has 4 heterocycles. The Morgan fingerprint density at radius 1 is 1.24 bits per heavy atom. The maximum Gasteiger partial charge on any atom is 0.305 e. The second-order valence-electron chi connectivity index (χ2n) is 9.09. The first-order chi connectivity index (χ1) is 16.3. The number of halogens is 2. The highest BCUT2D eigenvalue weighted by Gasteiger charge is 2.40. The van der Waals surface area contributed by atoms with Gasteiger partial charge in [0.15, 0.2) is 0 Å². The van der Waals surface area contributed by atoms with E-state index in [4.69, 9.17) is 21.1 Å². The maximum atomic E-state index is 14.3. The van der Waals surface area contributed by atoms with Crippen molar-refractivity contribution in [2.45, 2.75) is 45.0 Å². The molecule has 2 aliphatic rings. The van der Waals surface area contributed by atoms with Crippen molar-refractivity contribution in [1.82, 2.24) is 9.97 Å². The lowest BCUT2D eigenvalue weighted by Gasteiger charge is -2.38. The summed E-state index contributed by atoms with van der Waals surface area (Å²) < 4.78 is 25.7. The Morgan fingerprint density at radius 3 is 2.65 bits per heavy atom. The van der Waals surface area contributed by atoms with E-state index in [1.54, 1.807) is 37.4 Å². The Morgan fingerprint density at radius 2 is 2.00 bits per heavy atom. The van der Waals surface area contributed by atoms with Gasteiger partial charge >= 0.3 is 5.97 Å². The number of aromatic nitrogens is 2. The van der Waals surface area contributed by atoms with Gasteiger partial charge in [-0.05, 0) is 6.07 Å². The highest BCUT2D eigenvalue weighted by Crippen LogP contribution is 2.35. The number of ether oxygens (including phenoxy) is 2. The molecule has 2 aromatic rings. The molecule has 2 aromatic heterocycles. The van der Waals surface area contributed by atoms with Crippen LogP contribution in [0.25, 0.3) is 0 Å². The van der Waals surface area contributed by atoms with Gasteiger partial charge < -0.3 is 24.4 Å². The Labute approximate surface area is 203 Å². The minimum Gasteiger partial charge on any atom is -0.481 e. The zero-order valence-electron chi connectivity index (χ0n) is 19.5. The highest BCUT2D eigenvalue weighted by molar-refractivity contribution is 6.33. The van der Waals surface area contributed by atoms with Crippen molar-refractivity contribution in [1.29, 1.82) is 0 Å². The molecule has 0 saturated carbocycles. The number of carboxylic acids is 1. The first-order valence-electron chi connectivity index (χ1n) is 11.5. The number of rotatable bonds is 7. The summed E-state index contributed by atoms with van der Waals surface area (Å²) in [5.41, 5.74) is 1.60.